The van der Waals surface area contributed by atoms with Crippen LogP contribution in [0.5, 0.6) is 5.75 Å². The first-order valence-corrected chi connectivity index (χ1v) is 11.3. The van der Waals surface area contributed by atoms with Gasteiger partial charge < -0.3 is 19.1 Å². The molecule has 5 rings (SSSR count). The zero-order valence-electron chi connectivity index (χ0n) is 18.9. The molecule has 0 atom stereocenters. The van der Waals surface area contributed by atoms with Gasteiger partial charge in [0.2, 0.25) is 5.91 Å². The van der Waals surface area contributed by atoms with Crippen LogP contribution in [0, 0.1) is 0 Å². The molecule has 3 heterocycles. The molecule has 0 radical (unpaired) electrons. The molecule has 0 bridgehead atoms. The fourth-order valence-corrected chi connectivity index (χ4v) is 4.45. The molecular formula is C26H27N5O2. The number of carbonyl (C=O) groups excluding carboxylic acids is 1. The van der Waals surface area contributed by atoms with Crippen LogP contribution in [-0.4, -0.2) is 58.6 Å². The Kier molecular flexibility index (Phi) is 5.69. The lowest BCUT2D eigenvalue weighted by molar-refractivity contribution is -0.131. The first kappa shape index (κ1) is 21.0. The van der Waals surface area contributed by atoms with Gasteiger partial charge in [0.05, 0.1) is 12.5 Å². The highest BCUT2D eigenvalue weighted by Gasteiger charge is 2.25. The van der Waals surface area contributed by atoms with E-state index in [4.69, 9.17) is 9.72 Å². The lowest BCUT2D eigenvalue weighted by Crippen LogP contribution is -2.48. The van der Waals surface area contributed by atoms with Crippen LogP contribution in [0.1, 0.15) is 13.3 Å². The number of anilines is 1. The molecule has 0 N–H and O–H groups in total. The van der Waals surface area contributed by atoms with Crippen LogP contribution in [0.15, 0.2) is 67.1 Å². The molecule has 1 fully saturated rings. The number of hydrogen-bond acceptors (Lipinski definition) is 5. The zero-order chi connectivity index (χ0) is 22.8. The van der Waals surface area contributed by atoms with Crippen LogP contribution in [0.2, 0.25) is 0 Å². The second-order valence-electron chi connectivity index (χ2n) is 8.09. The number of piperazine rings is 1. The molecule has 4 aromatic rings. The number of methoxy groups -OCH3 is 1. The molecular weight excluding hydrogens is 414 g/mol. The maximum Gasteiger partial charge on any atom is 0.222 e. The predicted molar refractivity (Wildman–Crippen MR) is 130 cm³/mol. The molecule has 2 aromatic carbocycles. The third-order valence-electron chi connectivity index (χ3n) is 6.23. The van der Waals surface area contributed by atoms with Gasteiger partial charge >= 0.3 is 0 Å². The van der Waals surface area contributed by atoms with Crippen molar-refractivity contribution in [3.63, 3.8) is 0 Å². The third-order valence-corrected chi connectivity index (χ3v) is 6.23. The summed E-state index contributed by atoms with van der Waals surface area (Å²) in [6, 6.07) is 18.3. The molecule has 168 valence electrons. The van der Waals surface area contributed by atoms with Crippen molar-refractivity contribution in [1.82, 2.24) is 19.4 Å². The van der Waals surface area contributed by atoms with E-state index in [2.05, 4.69) is 32.8 Å². The lowest BCUT2D eigenvalue weighted by Gasteiger charge is -2.35. The van der Waals surface area contributed by atoms with E-state index in [1.165, 1.54) is 0 Å². The standard InChI is InChI=1S/C26H27N5O2/c1-3-23(32)29-13-15-30(16-14-29)25-24-22(19-7-5-4-6-8-19)17-31(26(24)28-18-27-25)20-9-11-21(33-2)12-10-20/h4-12,17-18H,3,13-16H2,1-2H3. The van der Waals surface area contributed by atoms with Crippen molar-refractivity contribution in [2.75, 3.05) is 38.2 Å². The van der Waals surface area contributed by atoms with Gasteiger partial charge in [0, 0.05) is 50.0 Å². The van der Waals surface area contributed by atoms with E-state index in [-0.39, 0.29) is 5.91 Å². The number of fused-ring (bicyclic) bond motifs is 1. The van der Waals surface area contributed by atoms with E-state index in [0.717, 1.165) is 52.5 Å². The topological polar surface area (TPSA) is 63.5 Å². The van der Waals surface area contributed by atoms with Crippen LogP contribution in [0.25, 0.3) is 27.8 Å². The highest BCUT2D eigenvalue weighted by molar-refractivity contribution is 6.02. The third kappa shape index (κ3) is 3.91. The summed E-state index contributed by atoms with van der Waals surface area (Å²) in [4.78, 5) is 25.8. The van der Waals surface area contributed by atoms with E-state index in [0.29, 0.717) is 19.5 Å². The van der Waals surface area contributed by atoms with Crippen molar-refractivity contribution >= 4 is 22.8 Å². The molecule has 1 amide bonds. The minimum Gasteiger partial charge on any atom is -0.497 e. The Bertz CT molecular complexity index is 1260. The highest BCUT2D eigenvalue weighted by atomic mass is 16.5. The summed E-state index contributed by atoms with van der Waals surface area (Å²) < 4.78 is 7.44. The summed E-state index contributed by atoms with van der Waals surface area (Å²) in [5.74, 6) is 1.93. The molecule has 7 heteroatoms. The molecule has 2 aromatic heterocycles. The molecule has 0 spiro atoms. The quantitative estimate of drug-likeness (QED) is 0.466. The first-order chi connectivity index (χ1) is 16.2. The van der Waals surface area contributed by atoms with Crippen LogP contribution in [0.3, 0.4) is 0 Å². The Labute approximate surface area is 193 Å². The molecule has 33 heavy (non-hydrogen) atoms. The van der Waals surface area contributed by atoms with Gasteiger partial charge in [-0.25, -0.2) is 9.97 Å². The largest absolute Gasteiger partial charge is 0.497 e. The van der Waals surface area contributed by atoms with Crippen molar-refractivity contribution in [3.8, 4) is 22.6 Å². The number of nitrogens with zero attached hydrogens (tertiary/aromatic N) is 5. The van der Waals surface area contributed by atoms with E-state index in [9.17, 15) is 4.79 Å². The number of carbonyl (C=O) groups is 1. The Morgan fingerprint density at radius 3 is 2.36 bits per heavy atom. The maximum atomic E-state index is 12.1. The Morgan fingerprint density at radius 1 is 0.970 bits per heavy atom. The van der Waals surface area contributed by atoms with Gasteiger partial charge in [-0.05, 0) is 29.8 Å². The fraction of sp³-hybridized carbons (Fsp3) is 0.269. The summed E-state index contributed by atoms with van der Waals surface area (Å²) in [6.45, 7) is 4.83. The molecule has 0 aliphatic carbocycles. The molecule has 0 saturated carbocycles. The van der Waals surface area contributed by atoms with Crippen molar-refractivity contribution in [3.05, 3.63) is 67.1 Å². The lowest BCUT2D eigenvalue weighted by atomic mass is 10.1. The van der Waals surface area contributed by atoms with E-state index in [1.54, 1.807) is 13.4 Å². The first-order valence-electron chi connectivity index (χ1n) is 11.3. The van der Waals surface area contributed by atoms with Gasteiger partial charge in [0.15, 0.2) is 5.65 Å². The second kappa shape index (κ2) is 8.94. The van der Waals surface area contributed by atoms with Crippen molar-refractivity contribution in [2.45, 2.75) is 13.3 Å². The molecule has 0 unspecified atom stereocenters. The van der Waals surface area contributed by atoms with Crippen molar-refractivity contribution in [1.29, 1.82) is 0 Å². The van der Waals surface area contributed by atoms with E-state index < -0.39 is 0 Å². The number of aromatic nitrogens is 3. The maximum absolute atomic E-state index is 12.1. The minimum atomic E-state index is 0.207. The molecule has 1 saturated heterocycles. The van der Waals surface area contributed by atoms with Crippen LogP contribution in [-0.2, 0) is 4.79 Å². The Balaban J connectivity index is 1.62. The average Bonchev–Trinajstić information content (AvgIpc) is 3.29. The number of ether oxygens (including phenoxy) is 1. The minimum absolute atomic E-state index is 0.207. The number of rotatable bonds is 5. The smallest absolute Gasteiger partial charge is 0.222 e. The molecule has 1 aliphatic rings. The number of hydrogen-bond donors (Lipinski definition) is 0. The van der Waals surface area contributed by atoms with Crippen molar-refractivity contribution < 1.29 is 9.53 Å². The summed E-state index contributed by atoms with van der Waals surface area (Å²) in [7, 11) is 1.67. The number of benzene rings is 2. The monoisotopic (exact) mass is 441 g/mol. The van der Waals surface area contributed by atoms with Crippen LogP contribution < -0.4 is 9.64 Å². The Morgan fingerprint density at radius 2 is 1.70 bits per heavy atom. The fourth-order valence-electron chi connectivity index (χ4n) is 4.45. The molecule has 7 nitrogen and oxygen atoms in total. The number of amides is 1. The zero-order valence-corrected chi connectivity index (χ0v) is 18.9. The molecule has 1 aliphatic heterocycles. The van der Waals surface area contributed by atoms with Gasteiger partial charge in [0.1, 0.15) is 17.9 Å². The van der Waals surface area contributed by atoms with Gasteiger partial charge in [0.25, 0.3) is 0 Å². The van der Waals surface area contributed by atoms with E-state index >= 15 is 0 Å². The second-order valence-corrected chi connectivity index (χ2v) is 8.09. The van der Waals surface area contributed by atoms with Crippen LogP contribution >= 0.6 is 0 Å². The van der Waals surface area contributed by atoms with E-state index in [1.807, 2.05) is 54.3 Å². The SMILES string of the molecule is CCC(=O)N1CCN(c2ncnc3c2c(-c2ccccc2)cn3-c2ccc(OC)cc2)CC1. The summed E-state index contributed by atoms with van der Waals surface area (Å²) in [5.41, 5.74) is 4.07. The summed E-state index contributed by atoms with van der Waals surface area (Å²) in [6.07, 6.45) is 4.31. The highest BCUT2D eigenvalue weighted by Crippen LogP contribution is 2.37. The average molecular weight is 442 g/mol. The van der Waals surface area contributed by atoms with Crippen LogP contribution in [0.4, 0.5) is 5.82 Å². The Hall–Kier alpha value is -3.87. The van der Waals surface area contributed by atoms with Crippen molar-refractivity contribution in [2.24, 2.45) is 0 Å². The van der Waals surface area contributed by atoms with Gasteiger partial charge in [-0.1, -0.05) is 37.3 Å². The van der Waals surface area contributed by atoms with Gasteiger partial charge in [-0.15, -0.1) is 0 Å². The van der Waals surface area contributed by atoms with Gasteiger partial charge in [-0.2, -0.15) is 0 Å². The summed E-state index contributed by atoms with van der Waals surface area (Å²) in [5, 5.41) is 1.02. The summed E-state index contributed by atoms with van der Waals surface area (Å²) >= 11 is 0. The normalized spacial score (nSPS) is 14.0. The predicted octanol–water partition coefficient (Wildman–Crippen LogP) is 4.15. The van der Waals surface area contributed by atoms with Gasteiger partial charge in [-0.3, -0.25) is 4.79 Å².